The number of benzene rings is 1. The second-order valence-corrected chi connectivity index (χ2v) is 5.38. The van der Waals surface area contributed by atoms with E-state index in [9.17, 15) is 14.7 Å². The van der Waals surface area contributed by atoms with E-state index in [0.29, 0.717) is 6.42 Å². The molecule has 1 aromatic rings. The molecule has 0 spiro atoms. The van der Waals surface area contributed by atoms with Gasteiger partial charge in [0, 0.05) is 20.0 Å². The topological polar surface area (TPSA) is 81.1 Å². The molecule has 2 amide bonds. The Bertz CT molecular complexity index is 546. The molecule has 0 aromatic heterocycles. The molecule has 1 aliphatic heterocycles. The minimum atomic E-state index is -1.01. The van der Waals surface area contributed by atoms with Gasteiger partial charge in [-0.25, -0.2) is 9.59 Å². The van der Waals surface area contributed by atoms with Crippen LogP contribution >= 0.6 is 0 Å². The van der Waals surface area contributed by atoms with Crippen LogP contribution in [0.1, 0.15) is 18.1 Å². The SMILES string of the molecule is CC(CO)N(C)C(=O)N1Cc2ccccc2C[C@H]1C(=O)O. The van der Waals surface area contributed by atoms with E-state index in [1.54, 1.807) is 14.0 Å². The van der Waals surface area contributed by atoms with Crippen LogP contribution in [0.2, 0.25) is 0 Å². The Balaban J connectivity index is 2.28. The highest BCUT2D eigenvalue weighted by molar-refractivity contribution is 5.83. The third kappa shape index (κ3) is 3.00. The average Bonchev–Trinajstić information content (AvgIpc) is 2.51. The first-order chi connectivity index (χ1) is 9.95. The number of nitrogens with zero attached hydrogens (tertiary/aromatic N) is 2. The molecule has 1 aliphatic rings. The largest absolute Gasteiger partial charge is 0.480 e. The number of hydrogen-bond donors (Lipinski definition) is 2. The highest BCUT2D eigenvalue weighted by Gasteiger charge is 2.36. The first-order valence-electron chi connectivity index (χ1n) is 6.89. The highest BCUT2D eigenvalue weighted by Crippen LogP contribution is 2.24. The molecule has 1 unspecified atom stereocenters. The van der Waals surface area contributed by atoms with Gasteiger partial charge in [0.15, 0.2) is 0 Å². The van der Waals surface area contributed by atoms with Gasteiger partial charge in [0.25, 0.3) is 0 Å². The number of urea groups is 1. The minimum Gasteiger partial charge on any atom is -0.480 e. The maximum Gasteiger partial charge on any atom is 0.326 e. The quantitative estimate of drug-likeness (QED) is 0.868. The summed E-state index contributed by atoms with van der Waals surface area (Å²) in [4.78, 5) is 26.7. The zero-order valence-corrected chi connectivity index (χ0v) is 12.2. The minimum absolute atomic E-state index is 0.162. The Hall–Kier alpha value is -2.08. The predicted octanol–water partition coefficient (Wildman–Crippen LogP) is 0.931. The van der Waals surface area contributed by atoms with Gasteiger partial charge in [0.2, 0.25) is 0 Å². The summed E-state index contributed by atoms with van der Waals surface area (Å²) in [6, 6.07) is 5.94. The molecule has 6 nitrogen and oxygen atoms in total. The number of hydrogen-bond acceptors (Lipinski definition) is 3. The van der Waals surface area contributed by atoms with E-state index in [1.807, 2.05) is 24.3 Å². The number of likely N-dealkylation sites (N-methyl/N-ethyl adjacent to an activating group) is 1. The summed E-state index contributed by atoms with van der Waals surface area (Å²) in [5.41, 5.74) is 1.93. The molecule has 6 heteroatoms. The first-order valence-corrected chi connectivity index (χ1v) is 6.89. The number of amides is 2. The normalized spacial score (nSPS) is 18.8. The van der Waals surface area contributed by atoms with Crippen LogP contribution in [0.15, 0.2) is 24.3 Å². The lowest BCUT2D eigenvalue weighted by atomic mass is 9.94. The fourth-order valence-electron chi connectivity index (χ4n) is 2.46. The van der Waals surface area contributed by atoms with Crippen molar-refractivity contribution in [2.45, 2.75) is 32.0 Å². The van der Waals surface area contributed by atoms with Crippen molar-refractivity contribution in [2.75, 3.05) is 13.7 Å². The summed E-state index contributed by atoms with van der Waals surface area (Å²) in [5, 5.41) is 18.6. The highest BCUT2D eigenvalue weighted by atomic mass is 16.4. The number of carbonyl (C=O) groups excluding carboxylic acids is 1. The van der Waals surface area contributed by atoms with Gasteiger partial charge < -0.3 is 20.0 Å². The van der Waals surface area contributed by atoms with E-state index >= 15 is 0 Å². The summed E-state index contributed by atoms with van der Waals surface area (Å²) in [7, 11) is 1.57. The van der Waals surface area contributed by atoms with Gasteiger partial charge >= 0.3 is 12.0 Å². The van der Waals surface area contributed by atoms with Crippen LogP contribution in [0.25, 0.3) is 0 Å². The van der Waals surface area contributed by atoms with Gasteiger partial charge in [-0.15, -0.1) is 0 Å². The number of carbonyl (C=O) groups is 2. The average molecular weight is 292 g/mol. The number of fused-ring (bicyclic) bond motifs is 1. The van der Waals surface area contributed by atoms with E-state index in [4.69, 9.17) is 5.11 Å². The number of carboxylic acid groups (broad SMARTS) is 1. The van der Waals surface area contributed by atoms with Gasteiger partial charge in [0.05, 0.1) is 12.6 Å². The summed E-state index contributed by atoms with van der Waals surface area (Å²) < 4.78 is 0. The van der Waals surface area contributed by atoms with Crippen LogP contribution < -0.4 is 0 Å². The van der Waals surface area contributed by atoms with Gasteiger partial charge in [0.1, 0.15) is 6.04 Å². The number of aliphatic carboxylic acids is 1. The summed E-state index contributed by atoms with van der Waals surface area (Å²) in [6.45, 7) is 1.82. The Morgan fingerprint density at radius 2 is 2.00 bits per heavy atom. The molecule has 0 radical (unpaired) electrons. The zero-order valence-electron chi connectivity index (χ0n) is 12.2. The molecular weight excluding hydrogens is 272 g/mol. The van der Waals surface area contributed by atoms with Gasteiger partial charge in [-0.2, -0.15) is 0 Å². The van der Waals surface area contributed by atoms with Crippen LogP contribution in [0.3, 0.4) is 0 Å². The lowest BCUT2D eigenvalue weighted by Crippen LogP contribution is -2.54. The smallest absolute Gasteiger partial charge is 0.326 e. The molecule has 0 bridgehead atoms. The molecular formula is C15H20N2O4. The Labute approximate surface area is 123 Å². The van der Waals surface area contributed by atoms with E-state index in [0.717, 1.165) is 11.1 Å². The lowest BCUT2D eigenvalue weighted by molar-refractivity contribution is -0.142. The van der Waals surface area contributed by atoms with Gasteiger partial charge in [-0.3, -0.25) is 0 Å². The van der Waals surface area contributed by atoms with E-state index in [1.165, 1.54) is 9.80 Å². The Morgan fingerprint density at radius 3 is 2.57 bits per heavy atom. The Morgan fingerprint density at radius 1 is 1.38 bits per heavy atom. The molecule has 114 valence electrons. The van der Waals surface area contributed by atoms with Crippen molar-refractivity contribution >= 4 is 12.0 Å². The summed E-state index contributed by atoms with van der Waals surface area (Å²) in [5.74, 6) is -1.01. The van der Waals surface area contributed by atoms with Gasteiger partial charge in [-0.05, 0) is 18.1 Å². The molecule has 0 fully saturated rings. The molecule has 2 rings (SSSR count). The Kier molecular flexibility index (Phi) is 4.47. The fourth-order valence-corrected chi connectivity index (χ4v) is 2.46. The van der Waals surface area contributed by atoms with E-state index < -0.39 is 12.0 Å². The van der Waals surface area contributed by atoms with Gasteiger partial charge in [-0.1, -0.05) is 24.3 Å². The third-order valence-corrected chi connectivity index (χ3v) is 4.01. The summed E-state index contributed by atoms with van der Waals surface area (Å²) in [6.07, 6.45) is 0.304. The van der Waals surface area contributed by atoms with Crippen molar-refractivity contribution in [1.82, 2.24) is 9.80 Å². The maximum absolute atomic E-state index is 12.5. The molecule has 1 aromatic carbocycles. The molecule has 0 saturated carbocycles. The standard InChI is InChI=1S/C15H20N2O4/c1-10(9-18)16(2)15(21)17-8-12-6-4-3-5-11(12)7-13(17)14(19)20/h3-6,10,13,18H,7-9H2,1-2H3,(H,19,20)/t10?,13-/m0/s1. The third-order valence-electron chi connectivity index (χ3n) is 4.01. The maximum atomic E-state index is 12.5. The van der Waals surface area contributed by atoms with Crippen molar-refractivity contribution < 1.29 is 19.8 Å². The predicted molar refractivity (Wildman–Crippen MR) is 76.8 cm³/mol. The number of carboxylic acids is 1. The van der Waals surface area contributed by atoms with Crippen LogP contribution in [0.4, 0.5) is 4.79 Å². The molecule has 1 heterocycles. The number of rotatable bonds is 3. The van der Waals surface area contributed by atoms with Crippen molar-refractivity contribution in [1.29, 1.82) is 0 Å². The second-order valence-electron chi connectivity index (χ2n) is 5.38. The zero-order chi connectivity index (χ0) is 15.6. The van der Waals surface area contributed by atoms with Crippen molar-refractivity contribution in [2.24, 2.45) is 0 Å². The first kappa shape index (κ1) is 15.3. The fraction of sp³-hybridized carbons (Fsp3) is 0.467. The molecule has 21 heavy (non-hydrogen) atoms. The number of aliphatic hydroxyl groups is 1. The molecule has 0 aliphatic carbocycles. The van der Waals surface area contributed by atoms with Crippen molar-refractivity contribution in [3.8, 4) is 0 Å². The summed E-state index contributed by atoms with van der Waals surface area (Å²) >= 11 is 0. The molecule has 0 saturated heterocycles. The van der Waals surface area contributed by atoms with Crippen molar-refractivity contribution in [3.63, 3.8) is 0 Å². The van der Waals surface area contributed by atoms with E-state index in [-0.39, 0.29) is 25.2 Å². The lowest BCUT2D eigenvalue weighted by Gasteiger charge is -2.38. The molecule has 2 atom stereocenters. The van der Waals surface area contributed by atoms with Crippen molar-refractivity contribution in [3.05, 3.63) is 35.4 Å². The van der Waals surface area contributed by atoms with E-state index in [2.05, 4.69) is 0 Å². The molecule has 2 N–H and O–H groups in total. The van der Waals surface area contributed by atoms with Crippen LogP contribution in [-0.2, 0) is 17.8 Å². The monoisotopic (exact) mass is 292 g/mol. The second kappa shape index (κ2) is 6.13. The van der Waals surface area contributed by atoms with Crippen LogP contribution in [0, 0.1) is 0 Å². The van der Waals surface area contributed by atoms with Crippen LogP contribution in [0.5, 0.6) is 0 Å². The number of aliphatic hydroxyl groups excluding tert-OH is 1. The van der Waals surface area contributed by atoms with Crippen LogP contribution in [-0.4, -0.2) is 57.8 Å².